The standard InChI is InChI=1S/C15H18O4/c1-2-3-11-4-5-14(18-9-12-7-16-12)15(6-11)19-10-13-8-17-13/h2,4-6,12-13H,1,3,7-10H2. The fourth-order valence-corrected chi connectivity index (χ4v) is 1.77. The van der Waals surface area contributed by atoms with Crippen molar-refractivity contribution in [3.05, 3.63) is 36.4 Å². The van der Waals surface area contributed by atoms with Crippen LogP contribution in [0.4, 0.5) is 0 Å². The average molecular weight is 262 g/mol. The summed E-state index contributed by atoms with van der Waals surface area (Å²) >= 11 is 0. The summed E-state index contributed by atoms with van der Waals surface area (Å²) in [5, 5.41) is 0. The van der Waals surface area contributed by atoms with Gasteiger partial charge in [0.05, 0.1) is 13.2 Å². The maximum absolute atomic E-state index is 5.78. The zero-order valence-electron chi connectivity index (χ0n) is 10.8. The van der Waals surface area contributed by atoms with Crippen molar-refractivity contribution < 1.29 is 18.9 Å². The summed E-state index contributed by atoms with van der Waals surface area (Å²) < 4.78 is 21.8. The number of allylic oxidation sites excluding steroid dienone is 1. The van der Waals surface area contributed by atoms with Gasteiger partial charge in [0.15, 0.2) is 11.5 Å². The van der Waals surface area contributed by atoms with Gasteiger partial charge in [-0.05, 0) is 24.1 Å². The number of rotatable bonds is 8. The van der Waals surface area contributed by atoms with Gasteiger partial charge in [-0.25, -0.2) is 0 Å². The van der Waals surface area contributed by atoms with Crippen LogP contribution in [0.2, 0.25) is 0 Å². The molecule has 0 bridgehead atoms. The Morgan fingerprint density at radius 2 is 1.74 bits per heavy atom. The van der Waals surface area contributed by atoms with Gasteiger partial charge in [0, 0.05) is 0 Å². The van der Waals surface area contributed by atoms with Crippen LogP contribution in [-0.4, -0.2) is 38.6 Å². The highest BCUT2D eigenvalue weighted by Crippen LogP contribution is 2.30. The van der Waals surface area contributed by atoms with E-state index in [2.05, 4.69) is 6.58 Å². The van der Waals surface area contributed by atoms with E-state index in [0.29, 0.717) is 13.2 Å². The molecular formula is C15H18O4. The molecule has 2 saturated heterocycles. The third-order valence-corrected chi connectivity index (χ3v) is 3.04. The molecule has 4 nitrogen and oxygen atoms in total. The van der Waals surface area contributed by atoms with Crippen LogP contribution in [0, 0.1) is 0 Å². The van der Waals surface area contributed by atoms with E-state index in [9.17, 15) is 0 Å². The van der Waals surface area contributed by atoms with Gasteiger partial charge in [0.2, 0.25) is 0 Å². The van der Waals surface area contributed by atoms with E-state index < -0.39 is 0 Å². The highest BCUT2D eigenvalue weighted by molar-refractivity contribution is 5.43. The number of ether oxygens (including phenoxy) is 4. The van der Waals surface area contributed by atoms with E-state index >= 15 is 0 Å². The van der Waals surface area contributed by atoms with Crippen LogP contribution in [0.5, 0.6) is 11.5 Å². The molecular weight excluding hydrogens is 244 g/mol. The molecule has 0 N–H and O–H groups in total. The lowest BCUT2D eigenvalue weighted by Gasteiger charge is -2.13. The summed E-state index contributed by atoms with van der Waals surface area (Å²) in [6, 6.07) is 5.99. The van der Waals surface area contributed by atoms with E-state index in [1.807, 2.05) is 24.3 Å². The first-order chi connectivity index (χ1) is 9.35. The highest BCUT2D eigenvalue weighted by Gasteiger charge is 2.25. The van der Waals surface area contributed by atoms with Gasteiger partial charge in [0.1, 0.15) is 25.4 Å². The topological polar surface area (TPSA) is 43.5 Å². The fourth-order valence-electron chi connectivity index (χ4n) is 1.77. The van der Waals surface area contributed by atoms with Gasteiger partial charge in [0.25, 0.3) is 0 Å². The van der Waals surface area contributed by atoms with Crippen molar-refractivity contribution in [1.29, 1.82) is 0 Å². The minimum atomic E-state index is 0.239. The van der Waals surface area contributed by atoms with Crippen molar-refractivity contribution >= 4 is 0 Å². The Hall–Kier alpha value is -1.52. The van der Waals surface area contributed by atoms with E-state index in [4.69, 9.17) is 18.9 Å². The smallest absolute Gasteiger partial charge is 0.161 e. The van der Waals surface area contributed by atoms with Crippen LogP contribution in [0.3, 0.4) is 0 Å². The second-order valence-electron chi connectivity index (χ2n) is 4.81. The molecule has 4 heteroatoms. The van der Waals surface area contributed by atoms with Gasteiger partial charge in [-0.1, -0.05) is 12.1 Å². The number of hydrogen-bond acceptors (Lipinski definition) is 4. The second kappa shape index (κ2) is 5.63. The summed E-state index contributed by atoms with van der Waals surface area (Å²) in [6.07, 6.45) is 3.18. The van der Waals surface area contributed by atoms with Gasteiger partial charge in [-0.3, -0.25) is 0 Å². The predicted octanol–water partition coefficient (Wildman–Crippen LogP) is 1.97. The molecule has 0 radical (unpaired) electrons. The number of benzene rings is 1. The monoisotopic (exact) mass is 262 g/mol. The van der Waals surface area contributed by atoms with Crippen molar-refractivity contribution in [3.63, 3.8) is 0 Å². The Kier molecular flexibility index (Phi) is 3.71. The summed E-state index contributed by atoms with van der Waals surface area (Å²) in [5.74, 6) is 1.54. The molecule has 0 aromatic heterocycles. The minimum Gasteiger partial charge on any atom is -0.487 e. The molecule has 0 spiro atoms. The Morgan fingerprint density at radius 3 is 2.32 bits per heavy atom. The first kappa shape index (κ1) is 12.5. The lowest BCUT2D eigenvalue weighted by Crippen LogP contribution is -2.09. The van der Waals surface area contributed by atoms with Crippen LogP contribution in [0.15, 0.2) is 30.9 Å². The molecule has 19 heavy (non-hydrogen) atoms. The van der Waals surface area contributed by atoms with Gasteiger partial charge in [-0.15, -0.1) is 6.58 Å². The molecule has 2 atom stereocenters. The van der Waals surface area contributed by atoms with Crippen molar-refractivity contribution in [2.75, 3.05) is 26.4 Å². The van der Waals surface area contributed by atoms with Crippen LogP contribution >= 0.6 is 0 Å². The SMILES string of the molecule is C=CCc1ccc(OCC2CO2)c(OCC2CO2)c1. The Bertz CT molecular complexity index is 449. The summed E-state index contributed by atoms with van der Waals surface area (Å²) in [5.41, 5.74) is 1.16. The van der Waals surface area contributed by atoms with E-state index in [1.165, 1.54) is 0 Å². The lowest BCUT2D eigenvalue weighted by molar-refractivity contribution is 0.228. The molecule has 2 unspecified atom stereocenters. The van der Waals surface area contributed by atoms with E-state index in [0.717, 1.165) is 36.7 Å². The minimum absolute atomic E-state index is 0.239. The Morgan fingerprint density at radius 1 is 1.11 bits per heavy atom. The normalized spacial score (nSPS) is 23.8. The largest absolute Gasteiger partial charge is 0.487 e. The average Bonchev–Trinajstić information content (AvgIpc) is 3.28. The molecule has 1 aromatic carbocycles. The fraction of sp³-hybridized carbons (Fsp3) is 0.467. The maximum Gasteiger partial charge on any atom is 0.161 e. The summed E-state index contributed by atoms with van der Waals surface area (Å²) in [4.78, 5) is 0. The quantitative estimate of drug-likeness (QED) is 0.530. The zero-order valence-corrected chi connectivity index (χ0v) is 10.8. The van der Waals surface area contributed by atoms with Crippen LogP contribution in [-0.2, 0) is 15.9 Å². The molecule has 102 valence electrons. The molecule has 1 aromatic rings. The maximum atomic E-state index is 5.78. The first-order valence-electron chi connectivity index (χ1n) is 6.58. The first-order valence-corrected chi connectivity index (χ1v) is 6.58. The number of hydrogen-bond donors (Lipinski definition) is 0. The predicted molar refractivity (Wildman–Crippen MR) is 70.8 cm³/mol. The highest BCUT2D eigenvalue weighted by atomic mass is 16.6. The van der Waals surface area contributed by atoms with Crippen molar-refractivity contribution in [3.8, 4) is 11.5 Å². The van der Waals surface area contributed by atoms with Crippen molar-refractivity contribution in [2.24, 2.45) is 0 Å². The molecule has 0 aliphatic carbocycles. The molecule has 2 heterocycles. The lowest BCUT2D eigenvalue weighted by atomic mass is 10.1. The molecule has 2 fully saturated rings. The van der Waals surface area contributed by atoms with Crippen molar-refractivity contribution in [2.45, 2.75) is 18.6 Å². The summed E-state index contributed by atoms with van der Waals surface area (Å²) in [6.45, 7) is 6.49. The zero-order chi connectivity index (χ0) is 13.1. The van der Waals surface area contributed by atoms with Crippen LogP contribution in [0.1, 0.15) is 5.56 Å². The molecule has 2 aliphatic rings. The number of epoxide rings is 2. The molecule has 2 aliphatic heterocycles. The molecule has 0 saturated carbocycles. The van der Waals surface area contributed by atoms with E-state index in [-0.39, 0.29) is 12.2 Å². The third kappa shape index (κ3) is 3.72. The molecule has 3 rings (SSSR count). The van der Waals surface area contributed by atoms with Gasteiger partial charge in [-0.2, -0.15) is 0 Å². The third-order valence-electron chi connectivity index (χ3n) is 3.04. The van der Waals surface area contributed by atoms with Gasteiger partial charge >= 0.3 is 0 Å². The Balaban J connectivity index is 1.67. The summed E-state index contributed by atoms with van der Waals surface area (Å²) in [7, 11) is 0. The van der Waals surface area contributed by atoms with Crippen molar-refractivity contribution in [1.82, 2.24) is 0 Å². The Labute approximate surface area is 112 Å². The van der Waals surface area contributed by atoms with Crippen LogP contribution < -0.4 is 9.47 Å². The van der Waals surface area contributed by atoms with E-state index in [1.54, 1.807) is 0 Å². The van der Waals surface area contributed by atoms with Gasteiger partial charge < -0.3 is 18.9 Å². The molecule has 0 amide bonds. The second-order valence-corrected chi connectivity index (χ2v) is 4.81. The van der Waals surface area contributed by atoms with Crippen LogP contribution in [0.25, 0.3) is 0 Å².